The summed E-state index contributed by atoms with van der Waals surface area (Å²) in [6.07, 6.45) is 0. The molecule has 0 aromatic heterocycles. The second-order valence-electron chi connectivity index (χ2n) is 7.39. The van der Waals surface area contributed by atoms with Gasteiger partial charge in [-0.15, -0.1) is 0 Å². The molecule has 29 heavy (non-hydrogen) atoms. The number of hydrogen-bond acceptors (Lipinski definition) is 3. The van der Waals surface area contributed by atoms with Gasteiger partial charge in [0.05, 0.1) is 6.54 Å². The Labute approximate surface area is 170 Å². The maximum Gasteiger partial charge on any atom is 0.253 e. The Bertz CT molecular complexity index is 995. The lowest BCUT2D eigenvalue weighted by atomic mass is 10.1. The highest BCUT2D eigenvalue weighted by Crippen LogP contribution is 2.17. The Kier molecular flexibility index (Phi) is 5.86. The van der Waals surface area contributed by atoms with Gasteiger partial charge in [-0.1, -0.05) is 60.7 Å². The van der Waals surface area contributed by atoms with Crippen LogP contribution in [-0.4, -0.2) is 54.3 Å². The molecule has 5 nitrogen and oxygen atoms in total. The largest absolute Gasteiger partial charge is 0.351 e. The van der Waals surface area contributed by atoms with E-state index in [2.05, 4.69) is 10.2 Å². The molecular formula is C24H25N3O2. The molecule has 0 saturated carbocycles. The van der Waals surface area contributed by atoms with Gasteiger partial charge in [-0.25, -0.2) is 0 Å². The average molecular weight is 387 g/mol. The smallest absolute Gasteiger partial charge is 0.253 e. The molecule has 148 valence electrons. The van der Waals surface area contributed by atoms with E-state index >= 15 is 0 Å². The van der Waals surface area contributed by atoms with E-state index in [0.29, 0.717) is 39.3 Å². The summed E-state index contributed by atoms with van der Waals surface area (Å²) < 4.78 is 0. The second-order valence-corrected chi connectivity index (χ2v) is 7.39. The number of benzene rings is 3. The molecule has 1 aliphatic heterocycles. The van der Waals surface area contributed by atoms with E-state index in [1.54, 1.807) is 0 Å². The highest BCUT2D eigenvalue weighted by molar-refractivity contribution is 5.98. The highest BCUT2D eigenvalue weighted by Gasteiger charge is 2.23. The van der Waals surface area contributed by atoms with Crippen molar-refractivity contribution in [3.8, 4) is 0 Å². The first-order valence-electron chi connectivity index (χ1n) is 10.00. The molecule has 1 saturated heterocycles. The summed E-state index contributed by atoms with van der Waals surface area (Å²) in [7, 11) is 0. The molecule has 3 aromatic carbocycles. The van der Waals surface area contributed by atoms with Crippen molar-refractivity contribution in [2.75, 3.05) is 32.7 Å². The lowest BCUT2D eigenvalue weighted by molar-refractivity contribution is -0.122. The second kappa shape index (κ2) is 8.88. The Morgan fingerprint density at radius 1 is 0.793 bits per heavy atom. The van der Waals surface area contributed by atoms with Crippen LogP contribution in [0.4, 0.5) is 0 Å². The first-order chi connectivity index (χ1) is 14.2. The van der Waals surface area contributed by atoms with E-state index in [1.807, 2.05) is 77.7 Å². The lowest BCUT2D eigenvalue weighted by Gasteiger charge is -2.34. The Hall–Kier alpha value is -3.18. The van der Waals surface area contributed by atoms with Gasteiger partial charge in [0.15, 0.2) is 0 Å². The maximum absolute atomic E-state index is 12.9. The van der Waals surface area contributed by atoms with E-state index in [-0.39, 0.29) is 11.8 Å². The zero-order valence-electron chi connectivity index (χ0n) is 16.4. The molecule has 0 unspecified atom stereocenters. The van der Waals surface area contributed by atoms with Crippen molar-refractivity contribution in [2.45, 2.75) is 6.54 Å². The molecule has 2 amide bonds. The summed E-state index contributed by atoms with van der Waals surface area (Å²) in [6.45, 7) is 3.59. The van der Waals surface area contributed by atoms with Crippen molar-refractivity contribution < 1.29 is 9.59 Å². The standard InChI is InChI=1S/C24H25N3O2/c28-23(25-17-19-6-2-1-3-7-19)18-26-12-14-27(15-13-26)24(29)22-11-10-20-8-4-5-9-21(20)16-22/h1-11,16H,12-15,17-18H2,(H,25,28). The van der Waals surface area contributed by atoms with Crippen molar-refractivity contribution >= 4 is 22.6 Å². The fourth-order valence-corrected chi connectivity index (χ4v) is 3.67. The molecule has 3 aromatic rings. The third kappa shape index (κ3) is 4.81. The number of piperazine rings is 1. The van der Waals surface area contributed by atoms with E-state index in [1.165, 1.54) is 0 Å². The summed E-state index contributed by atoms with van der Waals surface area (Å²) in [6, 6.07) is 23.8. The molecule has 5 heteroatoms. The third-order valence-corrected chi connectivity index (χ3v) is 5.36. The molecule has 0 radical (unpaired) electrons. The van der Waals surface area contributed by atoms with E-state index in [4.69, 9.17) is 0 Å². The summed E-state index contributed by atoms with van der Waals surface area (Å²) in [5.74, 6) is 0.0760. The van der Waals surface area contributed by atoms with Crippen LogP contribution in [-0.2, 0) is 11.3 Å². The summed E-state index contributed by atoms with van der Waals surface area (Å²) >= 11 is 0. The predicted molar refractivity (Wildman–Crippen MR) is 115 cm³/mol. The van der Waals surface area contributed by atoms with Crippen LogP contribution in [0, 0.1) is 0 Å². The predicted octanol–water partition coefficient (Wildman–Crippen LogP) is 2.91. The van der Waals surface area contributed by atoms with Crippen LogP contribution in [0.3, 0.4) is 0 Å². The number of nitrogens with zero attached hydrogens (tertiary/aromatic N) is 2. The van der Waals surface area contributed by atoms with Gasteiger partial charge in [0, 0.05) is 38.3 Å². The van der Waals surface area contributed by atoms with Gasteiger partial charge >= 0.3 is 0 Å². The molecule has 1 N–H and O–H groups in total. The number of fused-ring (bicyclic) bond motifs is 1. The SMILES string of the molecule is O=C(CN1CCN(C(=O)c2ccc3ccccc3c2)CC1)NCc1ccccc1. The molecule has 0 atom stereocenters. The third-order valence-electron chi connectivity index (χ3n) is 5.36. The molecule has 0 aliphatic carbocycles. The number of amides is 2. The van der Waals surface area contributed by atoms with Crippen LogP contribution >= 0.6 is 0 Å². The van der Waals surface area contributed by atoms with Gasteiger partial charge in [-0.3, -0.25) is 14.5 Å². The fraction of sp³-hybridized carbons (Fsp3) is 0.250. The van der Waals surface area contributed by atoms with Crippen LogP contribution in [0.1, 0.15) is 15.9 Å². The van der Waals surface area contributed by atoms with Gasteiger partial charge in [-0.2, -0.15) is 0 Å². The number of nitrogens with one attached hydrogen (secondary N) is 1. The van der Waals surface area contributed by atoms with Gasteiger partial charge in [0.25, 0.3) is 5.91 Å². The quantitative estimate of drug-likeness (QED) is 0.732. The van der Waals surface area contributed by atoms with Crippen molar-refractivity contribution in [3.05, 3.63) is 83.9 Å². The van der Waals surface area contributed by atoms with Crippen LogP contribution in [0.25, 0.3) is 10.8 Å². The lowest BCUT2D eigenvalue weighted by Crippen LogP contribution is -2.51. The molecule has 1 fully saturated rings. The van der Waals surface area contributed by atoms with Gasteiger partial charge in [0.1, 0.15) is 0 Å². The number of rotatable bonds is 5. The first kappa shape index (κ1) is 19.2. The van der Waals surface area contributed by atoms with Crippen LogP contribution in [0.2, 0.25) is 0 Å². The van der Waals surface area contributed by atoms with Crippen molar-refractivity contribution in [1.82, 2.24) is 15.1 Å². The minimum absolute atomic E-state index is 0.0168. The molecule has 0 bridgehead atoms. The number of hydrogen-bond donors (Lipinski definition) is 1. The van der Waals surface area contributed by atoms with Crippen LogP contribution < -0.4 is 5.32 Å². The van der Waals surface area contributed by atoms with Crippen molar-refractivity contribution in [3.63, 3.8) is 0 Å². The molecular weight excluding hydrogens is 362 g/mol. The topological polar surface area (TPSA) is 52.7 Å². The molecule has 4 rings (SSSR count). The van der Waals surface area contributed by atoms with Gasteiger partial charge in [-0.05, 0) is 28.5 Å². The molecule has 0 spiro atoms. The Morgan fingerprint density at radius 3 is 2.24 bits per heavy atom. The minimum Gasteiger partial charge on any atom is -0.351 e. The minimum atomic E-state index is 0.0168. The fourth-order valence-electron chi connectivity index (χ4n) is 3.67. The molecule has 1 aliphatic rings. The van der Waals surface area contributed by atoms with Crippen molar-refractivity contribution in [2.24, 2.45) is 0 Å². The van der Waals surface area contributed by atoms with Gasteiger partial charge in [0.2, 0.25) is 5.91 Å². The van der Waals surface area contributed by atoms with Crippen LogP contribution in [0.15, 0.2) is 72.8 Å². The summed E-state index contributed by atoms with van der Waals surface area (Å²) in [5, 5.41) is 5.17. The van der Waals surface area contributed by atoms with E-state index in [0.717, 1.165) is 21.9 Å². The number of carbonyl (C=O) groups is 2. The Balaban J connectivity index is 1.27. The van der Waals surface area contributed by atoms with Crippen molar-refractivity contribution in [1.29, 1.82) is 0 Å². The van der Waals surface area contributed by atoms with Crippen LogP contribution in [0.5, 0.6) is 0 Å². The number of carbonyl (C=O) groups excluding carboxylic acids is 2. The molecule has 1 heterocycles. The zero-order valence-corrected chi connectivity index (χ0v) is 16.4. The van der Waals surface area contributed by atoms with E-state index in [9.17, 15) is 9.59 Å². The summed E-state index contributed by atoms with van der Waals surface area (Å²) in [5.41, 5.74) is 1.81. The normalized spacial score (nSPS) is 14.7. The van der Waals surface area contributed by atoms with Gasteiger partial charge < -0.3 is 10.2 Å². The average Bonchev–Trinajstić information content (AvgIpc) is 2.78. The monoisotopic (exact) mass is 387 g/mol. The van der Waals surface area contributed by atoms with E-state index < -0.39 is 0 Å². The first-order valence-corrected chi connectivity index (χ1v) is 10.00. The maximum atomic E-state index is 12.9. The highest BCUT2D eigenvalue weighted by atomic mass is 16.2. The summed E-state index contributed by atoms with van der Waals surface area (Å²) in [4.78, 5) is 29.1. The zero-order chi connectivity index (χ0) is 20.1. The Morgan fingerprint density at radius 2 is 1.48 bits per heavy atom.